The third-order valence-corrected chi connectivity index (χ3v) is 3.11. The zero-order valence-electron chi connectivity index (χ0n) is 12.1. The number of esters is 1. The number of hydrogen-bond acceptors (Lipinski definition) is 4. The highest BCUT2D eigenvalue weighted by Gasteiger charge is 2.13. The molecule has 1 atom stereocenters. The average Bonchev–Trinajstić information content (AvgIpc) is 2.44. The summed E-state index contributed by atoms with van der Waals surface area (Å²) in [5.41, 5.74) is 0.739. The standard InChI is InChI=1S/C15H23NO3.ClH/c1-3-16(4-2)10-11-19-15(18)12-14(17)13-8-6-5-7-9-13;/h5-9,14,17H,3-4,10-12H2,1-2H3;1H. The first-order valence-electron chi connectivity index (χ1n) is 6.78. The minimum absolute atomic E-state index is 0. The molecule has 5 heteroatoms. The number of halogens is 1. The lowest BCUT2D eigenvalue weighted by Crippen LogP contribution is -2.28. The topological polar surface area (TPSA) is 49.8 Å². The lowest BCUT2D eigenvalue weighted by atomic mass is 10.1. The van der Waals surface area contributed by atoms with Crippen molar-refractivity contribution in [1.82, 2.24) is 4.90 Å². The Morgan fingerprint density at radius 3 is 2.40 bits per heavy atom. The highest BCUT2D eigenvalue weighted by molar-refractivity contribution is 5.85. The summed E-state index contributed by atoms with van der Waals surface area (Å²) in [6, 6.07) is 9.15. The first kappa shape index (κ1) is 18.9. The molecule has 4 nitrogen and oxygen atoms in total. The maximum Gasteiger partial charge on any atom is 0.308 e. The number of aliphatic hydroxyl groups is 1. The fourth-order valence-corrected chi connectivity index (χ4v) is 1.84. The number of carbonyl (C=O) groups excluding carboxylic acids is 1. The van der Waals surface area contributed by atoms with Gasteiger partial charge in [0.1, 0.15) is 6.61 Å². The largest absolute Gasteiger partial charge is 0.464 e. The number of likely N-dealkylation sites (N-methyl/N-ethyl adjacent to an activating group) is 1. The quantitative estimate of drug-likeness (QED) is 0.749. The Kier molecular flexibility index (Phi) is 10.1. The van der Waals surface area contributed by atoms with E-state index in [4.69, 9.17) is 4.74 Å². The van der Waals surface area contributed by atoms with Crippen LogP contribution in [0.25, 0.3) is 0 Å². The van der Waals surface area contributed by atoms with Gasteiger partial charge in [0.25, 0.3) is 0 Å². The Balaban J connectivity index is 0.00000361. The normalized spacial score (nSPS) is 11.8. The van der Waals surface area contributed by atoms with Gasteiger partial charge in [-0.05, 0) is 18.7 Å². The molecule has 0 heterocycles. The smallest absolute Gasteiger partial charge is 0.308 e. The van der Waals surface area contributed by atoms with Crippen molar-refractivity contribution in [3.05, 3.63) is 35.9 Å². The Morgan fingerprint density at radius 2 is 1.85 bits per heavy atom. The van der Waals surface area contributed by atoms with Crippen LogP contribution >= 0.6 is 12.4 Å². The fraction of sp³-hybridized carbons (Fsp3) is 0.533. The molecule has 0 saturated carbocycles. The molecule has 0 aliphatic heterocycles. The molecule has 20 heavy (non-hydrogen) atoms. The molecule has 0 radical (unpaired) electrons. The molecule has 1 rings (SSSR count). The van der Waals surface area contributed by atoms with Gasteiger partial charge >= 0.3 is 5.97 Å². The predicted octanol–water partition coefficient (Wildman–Crippen LogP) is 2.42. The molecule has 1 aromatic carbocycles. The van der Waals surface area contributed by atoms with Crippen molar-refractivity contribution in [1.29, 1.82) is 0 Å². The number of aliphatic hydroxyl groups excluding tert-OH is 1. The van der Waals surface area contributed by atoms with Crippen LogP contribution in [0, 0.1) is 0 Å². The molecule has 0 bridgehead atoms. The number of rotatable bonds is 8. The monoisotopic (exact) mass is 301 g/mol. The van der Waals surface area contributed by atoms with Crippen LogP contribution in [-0.4, -0.2) is 42.2 Å². The van der Waals surface area contributed by atoms with Crippen molar-refractivity contribution in [3.8, 4) is 0 Å². The first-order valence-corrected chi connectivity index (χ1v) is 6.78. The summed E-state index contributed by atoms with van der Waals surface area (Å²) in [6.07, 6.45) is -0.787. The molecule has 0 aliphatic rings. The van der Waals surface area contributed by atoms with Crippen LogP contribution in [0.3, 0.4) is 0 Å². The van der Waals surface area contributed by atoms with Crippen LogP contribution in [0.2, 0.25) is 0 Å². The van der Waals surface area contributed by atoms with Gasteiger partial charge in [-0.15, -0.1) is 12.4 Å². The summed E-state index contributed by atoms with van der Waals surface area (Å²) in [5, 5.41) is 9.88. The van der Waals surface area contributed by atoms with Crippen LogP contribution in [0.5, 0.6) is 0 Å². The second-order valence-electron chi connectivity index (χ2n) is 4.38. The van der Waals surface area contributed by atoms with Crippen LogP contribution in [0.1, 0.15) is 31.9 Å². The molecule has 114 valence electrons. The maximum absolute atomic E-state index is 11.6. The molecule has 0 aliphatic carbocycles. The van der Waals surface area contributed by atoms with E-state index in [1.54, 1.807) is 12.1 Å². The van der Waals surface area contributed by atoms with Crippen molar-refractivity contribution >= 4 is 18.4 Å². The third kappa shape index (κ3) is 6.89. The fourth-order valence-electron chi connectivity index (χ4n) is 1.84. The van der Waals surface area contributed by atoms with Gasteiger partial charge in [-0.3, -0.25) is 4.79 Å². The first-order chi connectivity index (χ1) is 9.17. The predicted molar refractivity (Wildman–Crippen MR) is 82.0 cm³/mol. The van der Waals surface area contributed by atoms with Crippen LogP contribution < -0.4 is 0 Å². The number of carbonyl (C=O) groups is 1. The summed E-state index contributed by atoms with van der Waals surface area (Å²) in [5.74, 6) is -0.358. The molecule has 0 spiro atoms. The van der Waals surface area contributed by atoms with Crippen LogP contribution in [-0.2, 0) is 9.53 Å². The van der Waals surface area contributed by atoms with E-state index in [-0.39, 0.29) is 24.8 Å². The second kappa shape index (κ2) is 10.7. The minimum atomic E-state index is -0.790. The lowest BCUT2D eigenvalue weighted by Gasteiger charge is -2.18. The Labute approximate surface area is 127 Å². The number of nitrogens with zero attached hydrogens (tertiary/aromatic N) is 1. The van der Waals surface area contributed by atoms with E-state index < -0.39 is 6.10 Å². The second-order valence-corrected chi connectivity index (χ2v) is 4.38. The van der Waals surface area contributed by atoms with E-state index in [0.29, 0.717) is 6.61 Å². The molecule has 0 aromatic heterocycles. The van der Waals surface area contributed by atoms with E-state index in [2.05, 4.69) is 18.7 Å². The molecule has 0 fully saturated rings. The SMILES string of the molecule is CCN(CC)CCOC(=O)CC(O)c1ccccc1.Cl. The van der Waals surface area contributed by atoms with Gasteiger partial charge in [-0.1, -0.05) is 44.2 Å². The van der Waals surface area contributed by atoms with Crippen molar-refractivity contribution < 1.29 is 14.6 Å². The van der Waals surface area contributed by atoms with Gasteiger partial charge < -0.3 is 14.7 Å². The summed E-state index contributed by atoms with van der Waals surface area (Å²) in [7, 11) is 0. The zero-order chi connectivity index (χ0) is 14.1. The van der Waals surface area contributed by atoms with E-state index in [9.17, 15) is 9.90 Å². The Bertz CT molecular complexity index is 369. The highest BCUT2D eigenvalue weighted by atomic mass is 35.5. The molecule has 1 N–H and O–H groups in total. The average molecular weight is 302 g/mol. The summed E-state index contributed by atoms with van der Waals surface area (Å²) >= 11 is 0. The lowest BCUT2D eigenvalue weighted by molar-refractivity contribution is -0.146. The van der Waals surface area contributed by atoms with Gasteiger partial charge in [-0.25, -0.2) is 0 Å². The van der Waals surface area contributed by atoms with Gasteiger partial charge in [0.15, 0.2) is 0 Å². The van der Waals surface area contributed by atoms with E-state index >= 15 is 0 Å². The number of hydrogen-bond donors (Lipinski definition) is 1. The van der Waals surface area contributed by atoms with Crippen LogP contribution in [0.15, 0.2) is 30.3 Å². The highest BCUT2D eigenvalue weighted by Crippen LogP contribution is 2.16. The summed E-state index contributed by atoms with van der Waals surface area (Å²) < 4.78 is 5.13. The summed E-state index contributed by atoms with van der Waals surface area (Å²) in [4.78, 5) is 13.8. The van der Waals surface area contributed by atoms with E-state index in [0.717, 1.165) is 25.2 Å². The Morgan fingerprint density at radius 1 is 1.25 bits per heavy atom. The Hall–Kier alpha value is -1.10. The molecular weight excluding hydrogens is 278 g/mol. The minimum Gasteiger partial charge on any atom is -0.464 e. The molecule has 1 aromatic rings. The van der Waals surface area contributed by atoms with E-state index in [1.165, 1.54) is 0 Å². The van der Waals surface area contributed by atoms with Gasteiger partial charge in [0.05, 0.1) is 12.5 Å². The maximum atomic E-state index is 11.6. The van der Waals surface area contributed by atoms with Gasteiger partial charge in [-0.2, -0.15) is 0 Å². The number of benzene rings is 1. The van der Waals surface area contributed by atoms with Gasteiger partial charge in [0, 0.05) is 6.54 Å². The van der Waals surface area contributed by atoms with Crippen LogP contribution in [0.4, 0.5) is 0 Å². The summed E-state index contributed by atoms with van der Waals surface area (Å²) in [6.45, 7) is 7.15. The van der Waals surface area contributed by atoms with E-state index in [1.807, 2.05) is 18.2 Å². The molecule has 1 unspecified atom stereocenters. The van der Waals surface area contributed by atoms with Crippen molar-refractivity contribution in [2.24, 2.45) is 0 Å². The van der Waals surface area contributed by atoms with Gasteiger partial charge in [0.2, 0.25) is 0 Å². The van der Waals surface area contributed by atoms with Crippen molar-refractivity contribution in [2.45, 2.75) is 26.4 Å². The van der Waals surface area contributed by atoms with Crippen molar-refractivity contribution in [3.63, 3.8) is 0 Å². The number of ether oxygens (including phenoxy) is 1. The third-order valence-electron chi connectivity index (χ3n) is 3.11. The zero-order valence-corrected chi connectivity index (χ0v) is 12.9. The van der Waals surface area contributed by atoms with Crippen molar-refractivity contribution in [2.75, 3.05) is 26.2 Å². The molecular formula is C15H24ClNO3. The molecule has 0 amide bonds. The molecule has 0 saturated heterocycles.